The predicted molar refractivity (Wildman–Crippen MR) is 117 cm³/mol. The van der Waals surface area contributed by atoms with Crippen LogP contribution in [-0.4, -0.2) is 51.8 Å². The van der Waals surface area contributed by atoms with Gasteiger partial charge in [0, 0.05) is 38.2 Å². The molecule has 0 spiro atoms. The Hall–Kier alpha value is -3.17. The molecule has 1 atom stereocenters. The van der Waals surface area contributed by atoms with Crippen LogP contribution in [-0.2, 0) is 28.3 Å². The number of aliphatic hydroxyl groups is 1. The Bertz CT molecular complexity index is 1180. The zero-order valence-electron chi connectivity index (χ0n) is 18.5. The summed E-state index contributed by atoms with van der Waals surface area (Å²) < 4.78 is 26.7. The van der Waals surface area contributed by atoms with Crippen molar-refractivity contribution < 1.29 is 28.3 Å². The van der Waals surface area contributed by atoms with Crippen LogP contribution in [0.2, 0.25) is 0 Å². The molecule has 2 fully saturated rings. The van der Waals surface area contributed by atoms with Crippen LogP contribution in [0.15, 0.2) is 36.4 Å². The summed E-state index contributed by atoms with van der Waals surface area (Å²) in [5.74, 6) is -2.77. The van der Waals surface area contributed by atoms with Gasteiger partial charge in [0.25, 0.3) is 5.91 Å². The molecule has 0 bridgehead atoms. The summed E-state index contributed by atoms with van der Waals surface area (Å²) in [5.41, 5.74) is 1.59. The van der Waals surface area contributed by atoms with E-state index in [1.165, 1.54) is 11.0 Å². The second-order valence-corrected chi connectivity index (χ2v) is 9.33. The minimum atomic E-state index is -1.06. The monoisotopic (exact) mass is 469 g/mol. The van der Waals surface area contributed by atoms with E-state index in [4.69, 9.17) is 0 Å². The van der Waals surface area contributed by atoms with E-state index < -0.39 is 29.2 Å². The van der Waals surface area contributed by atoms with E-state index in [-0.39, 0.29) is 24.8 Å². The first-order valence-corrected chi connectivity index (χ1v) is 11.4. The molecular weight excluding hydrogens is 444 g/mol. The molecular formula is C25H25F2N3O4. The smallest absolute Gasteiger partial charge is 0.255 e. The third kappa shape index (κ3) is 4.10. The van der Waals surface area contributed by atoms with Crippen molar-refractivity contribution in [2.24, 2.45) is 0 Å². The van der Waals surface area contributed by atoms with Gasteiger partial charge in [-0.05, 0) is 54.2 Å². The first-order chi connectivity index (χ1) is 16.2. The van der Waals surface area contributed by atoms with Gasteiger partial charge in [-0.25, -0.2) is 8.78 Å². The second-order valence-electron chi connectivity index (χ2n) is 9.33. The van der Waals surface area contributed by atoms with Gasteiger partial charge in [-0.1, -0.05) is 18.2 Å². The molecule has 5 rings (SSSR count). The summed E-state index contributed by atoms with van der Waals surface area (Å²) in [5, 5.41) is 13.6. The Morgan fingerprint density at radius 1 is 1.03 bits per heavy atom. The Morgan fingerprint density at radius 2 is 1.79 bits per heavy atom. The number of piperidine rings is 2. The molecule has 0 saturated carbocycles. The summed E-state index contributed by atoms with van der Waals surface area (Å²) in [7, 11) is 0. The number of hydrogen-bond donors (Lipinski definition) is 2. The summed E-state index contributed by atoms with van der Waals surface area (Å²) in [6.07, 6.45) is 1.41. The molecule has 7 nitrogen and oxygen atoms in total. The van der Waals surface area contributed by atoms with Crippen LogP contribution in [0.3, 0.4) is 0 Å². The number of fused-ring (bicyclic) bond motifs is 1. The first-order valence-electron chi connectivity index (χ1n) is 11.4. The highest BCUT2D eigenvalue weighted by Gasteiger charge is 2.40. The Balaban J connectivity index is 1.26. The van der Waals surface area contributed by atoms with Crippen molar-refractivity contribution >= 4 is 17.7 Å². The predicted octanol–water partition coefficient (Wildman–Crippen LogP) is 2.21. The number of carbonyl (C=O) groups is 3. The summed E-state index contributed by atoms with van der Waals surface area (Å²) in [4.78, 5) is 40.2. The number of nitrogens with one attached hydrogen (secondary N) is 1. The van der Waals surface area contributed by atoms with Crippen molar-refractivity contribution in [2.45, 2.75) is 50.4 Å². The molecule has 34 heavy (non-hydrogen) atoms. The maximum absolute atomic E-state index is 13.5. The average Bonchev–Trinajstić information content (AvgIpc) is 3.13. The number of halogens is 2. The van der Waals surface area contributed by atoms with E-state index in [0.717, 1.165) is 17.2 Å². The average molecular weight is 469 g/mol. The number of nitrogens with zero attached hydrogens (tertiary/aromatic N) is 2. The van der Waals surface area contributed by atoms with Crippen molar-refractivity contribution in [3.05, 3.63) is 70.3 Å². The Labute approximate surface area is 195 Å². The maximum Gasteiger partial charge on any atom is 0.255 e. The standard InChI is InChI=1S/C25H25F2N3O4/c26-19-4-1-15(11-20(19)27)13-29-9-7-25(34,8-10-29)17-2-3-18-16(12-17)14-30(24(18)33)21-5-6-22(31)28-23(21)32/h1-4,11-12,21,34H,5-10,13-14H2,(H,28,31,32). The van der Waals surface area contributed by atoms with E-state index in [2.05, 4.69) is 10.2 Å². The fourth-order valence-electron chi connectivity index (χ4n) is 5.13. The topological polar surface area (TPSA) is 90.0 Å². The summed E-state index contributed by atoms with van der Waals surface area (Å²) in [6, 6.07) is 8.50. The van der Waals surface area contributed by atoms with Gasteiger partial charge in [0.1, 0.15) is 6.04 Å². The largest absolute Gasteiger partial charge is 0.385 e. The minimum absolute atomic E-state index is 0.197. The summed E-state index contributed by atoms with van der Waals surface area (Å²) in [6.45, 7) is 1.88. The van der Waals surface area contributed by atoms with Crippen LogP contribution in [0.4, 0.5) is 8.78 Å². The maximum atomic E-state index is 13.5. The molecule has 1 unspecified atom stereocenters. The SMILES string of the molecule is O=C1CCC(N2Cc3cc(C4(O)CCN(Cc5ccc(F)c(F)c5)CC4)ccc3C2=O)C(=O)N1. The van der Waals surface area contributed by atoms with Gasteiger partial charge in [-0.3, -0.25) is 24.6 Å². The molecule has 0 aromatic heterocycles. The highest BCUT2D eigenvalue weighted by atomic mass is 19.2. The summed E-state index contributed by atoms with van der Waals surface area (Å²) >= 11 is 0. The molecule has 3 aliphatic rings. The third-order valence-electron chi connectivity index (χ3n) is 7.13. The van der Waals surface area contributed by atoms with Crippen LogP contribution in [0.1, 0.15) is 52.7 Å². The lowest BCUT2D eigenvalue weighted by Gasteiger charge is -2.38. The van der Waals surface area contributed by atoms with E-state index in [1.807, 2.05) is 6.07 Å². The highest BCUT2D eigenvalue weighted by molar-refractivity contribution is 6.05. The Kier molecular flexibility index (Phi) is 5.69. The van der Waals surface area contributed by atoms with Gasteiger partial charge in [-0.2, -0.15) is 0 Å². The molecule has 178 valence electrons. The Morgan fingerprint density at radius 3 is 2.50 bits per heavy atom. The van der Waals surface area contributed by atoms with Crippen LogP contribution in [0, 0.1) is 11.6 Å². The molecule has 3 heterocycles. The van der Waals surface area contributed by atoms with Crippen molar-refractivity contribution in [3.8, 4) is 0 Å². The van der Waals surface area contributed by atoms with E-state index in [9.17, 15) is 28.3 Å². The van der Waals surface area contributed by atoms with Crippen molar-refractivity contribution in [3.63, 3.8) is 0 Å². The highest BCUT2D eigenvalue weighted by Crippen LogP contribution is 2.36. The molecule has 9 heteroatoms. The van der Waals surface area contributed by atoms with Gasteiger partial charge in [0.05, 0.1) is 5.60 Å². The second kappa shape index (κ2) is 8.56. The van der Waals surface area contributed by atoms with Crippen LogP contribution < -0.4 is 5.32 Å². The lowest BCUT2D eigenvalue weighted by Crippen LogP contribution is -2.52. The molecule has 0 aliphatic carbocycles. The molecule has 2 aromatic rings. The van der Waals surface area contributed by atoms with Gasteiger partial charge >= 0.3 is 0 Å². The fourth-order valence-corrected chi connectivity index (χ4v) is 5.13. The molecule has 2 N–H and O–H groups in total. The van der Waals surface area contributed by atoms with Gasteiger partial charge in [-0.15, -0.1) is 0 Å². The first kappa shape index (κ1) is 22.6. The van der Waals surface area contributed by atoms with Gasteiger partial charge in [0.2, 0.25) is 11.8 Å². The zero-order valence-corrected chi connectivity index (χ0v) is 18.5. The number of rotatable bonds is 4. The molecule has 0 radical (unpaired) electrons. The van der Waals surface area contributed by atoms with Crippen molar-refractivity contribution in [2.75, 3.05) is 13.1 Å². The van der Waals surface area contributed by atoms with Gasteiger partial charge in [0.15, 0.2) is 11.6 Å². The number of imide groups is 1. The van der Waals surface area contributed by atoms with Crippen LogP contribution in [0.25, 0.3) is 0 Å². The number of benzene rings is 2. The normalized spacial score (nSPS) is 22.6. The third-order valence-corrected chi connectivity index (χ3v) is 7.13. The van der Waals surface area contributed by atoms with Crippen LogP contribution in [0.5, 0.6) is 0 Å². The van der Waals surface area contributed by atoms with E-state index in [1.54, 1.807) is 18.2 Å². The molecule has 2 aromatic carbocycles. The van der Waals surface area contributed by atoms with E-state index >= 15 is 0 Å². The zero-order chi connectivity index (χ0) is 24.0. The molecule has 3 amide bonds. The lowest BCUT2D eigenvalue weighted by atomic mass is 9.83. The lowest BCUT2D eigenvalue weighted by molar-refractivity contribution is -0.136. The van der Waals surface area contributed by atoms with E-state index in [0.29, 0.717) is 50.0 Å². The van der Waals surface area contributed by atoms with Crippen LogP contribution >= 0.6 is 0 Å². The number of amides is 3. The number of likely N-dealkylation sites (tertiary alicyclic amines) is 1. The van der Waals surface area contributed by atoms with Crippen molar-refractivity contribution in [1.82, 2.24) is 15.1 Å². The minimum Gasteiger partial charge on any atom is -0.385 e. The quantitative estimate of drug-likeness (QED) is 0.671. The molecule has 2 saturated heterocycles. The number of hydrogen-bond acceptors (Lipinski definition) is 5. The van der Waals surface area contributed by atoms with Crippen molar-refractivity contribution in [1.29, 1.82) is 0 Å². The fraction of sp³-hybridized carbons (Fsp3) is 0.400. The molecule has 3 aliphatic heterocycles. The number of carbonyl (C=O) groups excluding carboxylic acids is 3. The van der Waals surface area contributed by atoms with Gasteiger partial charge < -0.3 is 10.0 Å².